The van der Waals surface area contributed by atoms with Crippen LogP contribution in [0.25, 0.3) is 0 Å². The van der Waals surface area contributed by atoms with Crippen LogP contribution in [0.2, 0.25) is 0 Å². The average Bonchev–Trinajstić information content (AvgIpc) is 3.14. The number of hydrogen-bond acceptors (Lipinski definition) is 6. The Morgan fingerprint density at radius 2 is 0.830 bits per heavy atom. The van der Waals surface area contributed by atoms with Crippen molar-refractivity contribution in [3.63, 3.8) is 0 Å². The number of hydrogen-bond donors (Lipinski definition) is 0. The summed E-state index contributed by atoms with van der Waals surface area (Å²) in [6, 6.07) is 46.5. The van der Waals surface area contributed by atoms with E-state index < -0.39 is 0 Å². The summed E-state index contributed by atoms with van der Waals surface area (Å²) in [5.41, 5.74) is 3.96. The van der Waals surface area contributed by atoms with Gasteiger partial charge in [0.2, 0.25) is 0 Å². The molecule has 6 heteroatoms. The van der Waals surface area contributed by atoms with E-state index in [1.807, 2.05) is 134 Å². The molecule has 5 aromatic rings. The highest BCUT2D eigenvalue weighted by Crippen LogP contribution is 2.04. The van der Waals surface area contributed by atoms with Crippen molar-refractivity contribution in [2.45, 2.75) is 33.6 Å². The predicted octanol–water partition coefficient (Wildman–Crippen LogP) is 9.12. The number of rotatable bonds is 9. The first-order valence-electron chi connectivity index (χ1n) is 15.5. The molecule has 0 N–H and O–H groups in total. The van der Waals surface area contributed by atoms with Gasteiger partial charge in [0.05, 0.1) is 24.3 Å². The summed E-state index contributed by atoms with van der Waals surface area (Å²) in [6.07, 6.45) is 1.34. The van der Waals surface area contributed by atoms with Crippen LogP contribution in [0.1, 0.15) is 74.2 Å². The van der Waals surface area contributed by atoms with Crippen LogP contribution < -0.4 is 0 Å². The minimum atomic E-state index is -0.262. The summed E-state index contributed by atoms with van der Waals surface area (Å²) < 4.78 is 9.98. The summed E-state index contributed by atoms with van der Waals surface area (Å²) in [6.45, 7) is 6.07. The molecule has 0 unspecified atom stereocenters. The van der Waals surface area contributed by atoms with Crippen molar-refractivity contribution in [2.24, 2.45) is 0 Å². The van der Waals surface area contributed by atoms with Crippen LogP contribution in [0.15, 0.2) is 152 Å². The Balaban J connectivity index is 0.000000226. The topological polar surface area (TPSA) is 86.7 Å². The molecule has 0 aliphatic carbocycles. The van der Waals surface area contributed by atoms with Gasteiger partial charge in [-0.2, -0.15) is 0 Å². The van der Waals surface area contributed by atoms with Crippen LogP contribution in [0.3, 0.4) is 0 Å². The molecule has 6 nitrogen and oxygen atoms in total. The van der Waals surface area contributed by atoms with Crippen molar-refractivity contribution in [3.8, 4) is 0 Å². The van der Waals surface area contributed by atoms with Crippen LogP contribution >= 0.6 is 0 Å². The second-order valence-electron chi connectivity index (χ2n) is 9.89. The fraction of sp³-hybridized carbons (Fsp3) is 0.171. The van der Waals surface area contributed by atoms with Crippen LogP contribution in [0, 0.1) is 0 Å². The largest absolute Gasteiger partial charge is 0.462 e. The van der Waals surface area contributed by atoms with Gasteiger partial charge >= 0.3 is 11.9 Å². The SMILES string of the molecule is CC(=O)c1ccccc1.CCC(=O)c1ccccc1.CCOC(=O)c1ccccc1.O=C(OCCc1ccccc1)c1ccccc1. The van der Waals surface area contributed by atoms with E-state index in [1.54, 1.807) is 38.1 Å². The summed E-state index contributed by atoms with van der Waals surface area (Å²) in [7, 11) is 0. The van der Waals surface area contributed by atoms with Gasteiger partial charge in [0.25, 0.3) is 0 Å². The van der Waals surface area contributed by atoms with E-state index >= 15 is 0 Å². The molecule has 0 amide bonds. The Morgan fingerprint density at radius 3 is 1.19 bits per heavy atom. The number of ether oxygens (including phenoxy) is 2. The quantitative estimate of drug-likeness (QED) is 0.119. The number of carbonyl (C=O) groups is 4. The molecule has 0 aromatic heterocycles. The first-order valence-corrected chi connectivity index (χ1v) is 15.5. The lowest BCUT2D eigenvalue weighted by Gasteiger charge is -2.04. The van der Waals surface area contributed by atoms with E-state index in [4.69, 9.17) is 9.47 Å². The van der Waals surface area contributed by atoms with E-state index in [9.17, 15) is 19.2 Å². The predicted molar refractivity (Wildman–Crippen MR) is 187 cm³/mol. The minimum Gasteiger partial charge on any atom is -0.462 e. The zero-order valence-electron chi connectivity index (χ0n) is 27.2. The third-order valence-corrected chi connectivity index (χ3v) is 6.36. The Morgan fingerprint density at radius 1 is 0.468 bits per heavy atom. The van der Waals surface area contributed by atoms with Crippen molar-refractivity contribution >= 4 is 23.5 Å². The maximum absolute atomic E-state index is 11.6. The summed E-state index contributed by atoms with van der Waals surface area (Å²) in [5.74, 6) is -0.189. The van der Waals surface area contributed by atoms with Gasteiger partial charge < -0.3 is 9.47 Å². The van der Waals surface area contributed by atoms with E-state index in [0.29, 0.717) is 30.8 Å². The Bertz CT molecular complexity index is 1590. The molecule has 0 fully saturated rings. The number of carbonyl (C=O) groups excluding carboxylic acids is 4. The van der Waals surface area contributed by atoms with Crippen molar-refractivity contribution < 1.29 is 28.7 Å². The molecule has 5 aromatic carbocycles. The highest BCUT2D eigenvalue weighted by molar-refractivity contribution is 5.95. The van der Waals surface area contributed by atoms with Crippen LogP contribution in [0.4, 0.5) is 0 Å². The van der Waals surface area contributed by atoms with Gasteiger partial charge in [0.15, 0.2) is 11.6 Å². The molecular formula is C41H42O6. The second kappa shape index (κ2) is 22.8. The smallest absolute Gasteiger partial charge is 0.338 e. The highest BCUT2D eigenvalue weighted by Gasteiger charge is 2.05. The monoisotopic (exact) mass is 630 g/mol. The molecule has 0 heterocycles. The number of ketones is 2. The molecule has 0 saturated carbocycles. The molecular weight excluding hydrogens is 588 g/mol. The third-order valence-electron chi connectivity index (χ3n) is 6.36. The summed E-state index contributed by atoms with van der Waals surface area (Å²) in [4.78, 5) is 44.3. The fourth-order valence-electron chi connectivity index (χ4n) is 3.85. The molecule has 0 atom stereocenters. The van der Waals surface area contributed by atoms with Crippen molar-refractivity contribution in [3.05, 3.63) is 179 Å². The zero-order chi connectivity index (χ0) is 34.1. The Kier molecular flexibility index (Phi) is 18.2. The van der Waals surface area contributed by atoms with Crippen molar-refractivity contribution in [1.82, 2.24) is 0 Å². The molecule has 0 spiro atoms. The van der Waals surface area contributed by atoms with Crippen LogP contribution in [-0.4, -0.2) is 36.7 Å². The first kappa shape index (κ1) is 37.6. The van der Waals surface area contributed by atoms with E-state index in [0.717, 1.165) is 17.5 Å². The Labute approximate surface area is 278 Å². The maximum Gasteiger partial charge on any atom is 0.338 e. The molecule has 0 aliphatic heterocycles. The summed E-state index contributed by atoms with van der Waals surface area (Å²) >= 11 is 0. The molecule has 0 aliphatic rings. The van der Waals surface area contributed by atoms with Gasteiger partial charge in [-0.3, -0.25) is 9.59 Å². The molecule has 0 bridgehead atoms. The van der Waals surface area contributed by atoms with Crippen molar-refractivity contribution in [2.75, 3.05) is 13.2 Å². The summed E-state index contributed by atoms with van der Waals surface area (Å²) in [5, 5.41) is 0. The van der Waals surface area contributed by atoms with Gasteiger partial charge in [0.1, 0.15) is 0 Å². The molecule has 242 valence electrons. The normalized spacial score (nSPS) is 9.43. The van der Waals surface area contributed by atoms with Gasteiger partial charge in [-0.25, -0.2) is 9.59 Å². The first-order chi connectivity index (χ1) is 22.8. The number of Topliss-reactive ketones (excluding diaryl/α,β-unsaturated/α-hetero) is 2. The van der Waals surface area contributed by atoms with Gasteiger partial charge in [-0.05, 0) is 43.7 Å². The van der Waals surface area contributed by atoms with E-state index in [2.05, 4.69) is 0 Å². The molecule has 47 heavy (non-hydrogen) atoms. The lowest BCUT2D eigenvalue weighted by Crippen LogP contribution is -2.07. The highest BCUT2D eigenvalue weighted by atomic mass is 16.5. The maximum atomic E-state index is 11.6. The molecule has 5 rings (SSSR count). The average molecular weight is 631 g/mol. The van der Waals surface area contributed by atoms with Crippen molar-refractivity contribution in [1.29, 1.82) is 0 Å². The van der Waals surface area contributed by atoms with E-state index in [1.165, 1.54) is 5.56 Å². The Hall–Kier alpha value is -5.62. The fourth-order valence-corrected chi connectivity index (χ4v) is 3.85. The third kappa shape index (κ3) is 15.8. The standard InChI is InChI=1S/C15H14O2.C9H10O2.C9H10O.C8H8O/c16-15(14-9-5-2-6-10-14)17-12-11-13-7-3-1-4-8-13;1-2-11-9(10)8-6-4-3-5-7-8;1-2-9(10)8-6-4-3-5-7-8;1-7(9)8-5-3-2-4-6-8/h1-10H,11-12H2;3-7H,2H2,1H3;3-7H,2H2,1H3;2-6H,1H3. The lowest BCUT2D eigenvalue weighted by atomic mass is 10.1. The van der Waals surface area contributed by atoms with Gasteiger partial charge in [0, 0.05) is 24.0 Å². The lowest BCUT2D eigenvalue weighted by molar-refractivity contribution is 0.0505. The zero-order valence-corrected chi connectivity index (χ0v) is 27.2. The van der Waals surface area contributed by atoms with Crippen LogP contribution in [0.5, 0.6) is 0 Å². The van der Waals surface area contributed by atoms with E-state index in [-0.39, 0.29) is 23.5 Å². The van der Waals surface area contributed by atoms with Gasteiger partial charge in [-0.1, -0.05) is 134 Å². The minimum absolute atomic E-state index is 0.121. The van der Waals surface area contributed by atoms with Crippen LogP contribution in [-0.2, 0) is 15.9 Å². The molecule has 0 radical (unpaired) electrons. The number of esters is 2. The second-order valence-corrected chi connectivity index (χ2v) is 9.89. The van der Waals surface area contributed by atoms with Gasteiger partial charge in [-0.15, -0.1) is 0 Å². The molecule has 0 saturated heterocycles. The number of benzene rings is 5.